The quantitative estimate of drug-likeness (QED) is 0.701. The lowest BCUT2D eigenvalue weighted by Crippen LogP contribution is -2.34. The molecule has 0 aliphatic heterocycles. The Hall–Kier alpha value is -1.37. The second-order valence-corrected chi connectivity index (χ2v) is 8.65. The molecule has 0 aliphatic rings. The number of thioether (sulfide) groups is 1. The average molecular weight is 378 g/mol. The van der Waals surface area contributed by atoms with Crippen molar-refractivity contribution in [2.75, 3.05) is 13.6 Å². The van der Waals surface area contributed by atoms with E-state index in [-0.39, 0.29) is 11.9 Å². The van der Waals surface area contributed by atoms with Gasteiger partial charge in [-0.2, -0.15) is 0 Å². The largest absolute Gasteiger partial charge is 0.342 e. The number of aromatic nitrogens is 1. The first-order valence-electron chi connectivity index (χ1n) is 8.52. The summed E-state index contributed by atoms with van der Waals surface area (Å²) in [5, 5.41) is 3.15. The first kappa shape index (κ1) is 19.9. The fourth-order valence-electron chi connectivity index (χ4n) is 2.38. The van der Waals surface area contributed by atoms with Crippen LogP contribution in [0.1, 0.15) is 41.3 Å². The van der Waals surface area contributed by atoms with Crippen LogP contribution in [0.3, 0.4) is 0 Å². The minimum Gasteiger partial charge on any atom is -0.342 e. The summed E-state index contributed by atoms with van der Waals surface area (Å²) in [5.74, 6) is 1.25. The number of rotatable bonds is 8. The van der Waals surface area contributed by atoms with E-state index in [2.05, 4.69) is 24.2 Å². The highest BCUT2D eigenvalue weighted by atomic mass is 32.2. The fourth-order valence-corrected chi connectivity index (χ4v) is 4.03. The number of aryl methyl sites for hydroxylation is 1. The predicted octanol–water partition coefficient (Wildman–Crippen LogP) is 4.19. The van der Waals surface area contributed by atoms with Gasteiger partial charge in [0.15, 0.2) is 0 Å². The molecule has 0 spiro atoms. The number of hydrogen-bond donors (Lipinski definition) is 1. The summed E-state index contributed by atoms with van der Waals surface area (Å²) in [5.41, 5.74) is 7.91. The molecule has 0 fully saturated rings. The summed E-state index contributed by atoms with van der Waals surface area (Å²) >= 11 is 3.32. The summed E-state index contributed by atoms with van der Waals surface area (Å²) in [6.45, 7) is 6.90. The molecule has 1 aromatic carbocycles. The zero-order valence-electron chi connectivity index (χ0n) is 15.4. The molecule has 25 heavy (non-hydrogen) atoms. The maximum atomic E-state index is 12.8. The van der Waals surface area contributed by atoms with Gasteiger partial charge in [0.05, 0.1) is 16.3 Å². The number of nitrogens with two attached hydrogens (primary N) is 1. The molecule has 0 saturated carbocycles. The van der Waals surface area contributed by atoms with Crippen molar-refractivity contribution in [3.05, 3.63) is 45.9 Å². The van der Waals surface area contributed by atoms with Crippen LogP contribution in [0.25, 0.3) is 0 Å². The molecule has 1 atom stereocenters. The van der Waals surface area contributed by atoms with E-state index in [1.807, 2.05) is 38.2 Å². The Morgan fingerprint density at radius 1 is 1.36 bits per heavy atom. The van der Waals surface area contributed by atoms with E-state index in [1.54, 1.807) is 28.0 Å². The number of thiazole rings is 1. The molecule has 0 bridgehead atoms. The molecule has 6 heteroatoms. The Kier molecular flexibility index (Phi) is 7.47. The van der Waals surface area contributed by atoms with E-state index >= 15 is 0 Å². The molecule has 0 saturated heterocycles. The van der Waals surface area contributed by atoms with Gasteiger partial charge in [-0.3, -0.25) is 4.79 Å². The van der Waals surface area contributed by atoms with Crippen LogP contribution >= 0.6 is 23.1 Å². The smallest absolute Gasteiger partial charge is 0.254 e. The molecular formula is C19H27N3OS2. The zero-order chi connectivity index (χ0) is 18.4. The minimum atomic E-state index is 0.0496. The SMILES string of the molecule is Cc1nc(CSc2ccccc2C(=O)N(C)CCC(N)C(C)C)cs1. The van der Waals surface area contributed by atoms with Crippen molar-refractivity contribution >= 4 is 29.0 Å². The number of benzene rings is 1. The topological polar surface area (TPSA) is 59.2 Å². The Morgan fingerprint density at radius 3 is 2.72 bits per heavy atom. The van der Waals surface area contributed by atoms with Crippen LogP contribution in [-0.2, 0) is 5.75 Å². The molecular weight excluding hydrogens is 350 g/mol. The molecule has 1 unspecified atom stereocenters. The summed E-state index contributed by atoms with van der Waals surface area (Å²) in [7, 11) is 1.85. The van der Waals surface area contributed by atoms with Gasteiger partial charge in [0, 0.05) is 35.7 Å². The second kappa shape index (κ2) is 9.36. The summed E-state index contributed by atoms with van der Waals surface area (Å²) in [6, 6.07) is 7.91. The fraction of sp³-hybridized carbons (Fsp3) is 0.474. The van der Waals surface area contributed by atoms with Gasteiger partial charge in [0.25, 0.3) is 5.91 Å². The van der Waals surface area contributed by atoms with Crippen LogP contribution in [-0.4, -0.2) is 35.4 Å². The highest BCUT2D eigenvalue weighted by molar-refractivity contribution is 7.98. The van der Waals surface area contributed by atoms with Gasteiger partial charge in [-0.1, -0.05) is 26.0 Å². The minimum absolute atomic E-state index is 0.0496. The van der Waals surface area contributed by atoms with Gasteiger partial charge in [-0.05, 0) is 31.4 Å². The maximum absolute atomic E-state index is 12.8. The average Bonchev–Trinajstić information content (AvgIpc) is 3.02. The van der Waals surface area contributed by atoms with E-state index in [4.69, 9.17) is 5.73 Å². The molecule has 4 nitrogen and oxygen atoms in total. The van der Waals surface area contributed by atoms with E-state index < -0.39 is 0 Å². The van der Waals surface area contributed by atoms with Gasteiger partial charge in [-0.25, -0.2) is 4.98 Å². The Bertz CT molecular complexity index is 699. The lowest BCUT2D eigenvalue weighted by Gasteiger charge is -2.22. The molecule has 1 aromatic heterocycles. The highest BCUT2D eigenvalue weighted by Gasteiger charge is 2.17. The molecule has 2 rings (SSSR count). The zero-order valence-corrected chi connectivity index (χ0v) is 17.0. The first-order valence-corrected chi connectivity index (χ1v) is 10.4. The van der Waals surface area contributed by atoms with Gasteiger partial charge in [0.2, 0.25) is 0 Å². The Balaban J connectivity index is 2.01. The van der Waals surface area contributed by atoms with Gasteiger partial charge < -0.3 is 10.6 Å². The number of carbonyl (C=O) groups excluding carboxylic acids is 1. The van der Waals surface area contributed by atoms with Crippen molar-refractivity contribution < 1.29 is 4.79 Å². The lowest BCUT2D eigenvalue weighted by atomic mass is 10.0. The monoisotopic (exact) mass is 377 g/mol. The van der Waals surface area contributed by atoms with E-state index in [1.165, 1.54) is 0 Å². The molecule has 0 aliphatic carbocycles. The molecule has 1 amide bonds. The summed E-state index contributed by atoms with van der Waals surface area (Å²) < 4.78 is 0. The molecule has 2 N–H and O–H groups in total. The van der Waals surface area contributed by atoms with Crippen LogP contribution in [0.15, 0.2) is 34.5 Å². The summed E-state index contributed by atoms with van der Waals surface area (Å²) in [6.07, 6.45) is 0.813. The van der Waals surface area contributed by atoms with Crippen LogP contribution in [0.2, 0.25) is 0 Å². The standard InChI is InChI=1S/C19H27N3OS2/c1-13(2)17(20)9-10-22(4)19(23)16-7-5-6-8-18(16)25-12-15-11-24-14(3)21-15/h5-8,11,13,17H,9-10,12,20H2,1-4H3. The number of hydrogen-bond acceptors (Lipinski definition) is 5. The lowest BCUT2D eigenvalue weighted by molar-refractivity contribution is 0.0786. The van der Waals surface area contributed by atoms with E-state index in [9.17, 15) is 4.79 Å². The number of nitrogens with zero attached hydrogens (tertiary/aromatic N) is 2. The number of carbonyl (C=O) groups is 1. The van der Waals surface area contributed by atoms with E-state index in [0.29, 0.717) is 12.5 Å². The predicted molar refractivity (Wildman–Crippen MR) is 107 cm³/mol. The molecule has 2 aromatic rings. The third-order valence-electron chi connectivity index (χ3n) is 4.16. The van der Waals surface area contributed by atoms with Crippen molar-refractivity contribution in [1.29, 1.82) is 0 Å². The number of amides is 1. The van der Waals surface area contributed by atoms with Crippen molar-refractivity contribution in [2.45, 2.75) is 43.9 Å². The van der Waals surface area contributed by atoms with Crippen LogP contribution in [0, 0.1) is 12.8 Å². The van der Waals surface area contributed by atoms with Crippen LogP contribution in [0.5, 0.6) is 0 Å². The van der Waals surface area contributed by atoms with Crippen molar-refractivity contribution in [3.8, 4) is 0 Å². The van der Waals surface area contributed by atoms with Crippen molar-refractivity contribution in [2.24, 2.45) is 11.7 Å². The van der Waals surface area contributed by atoms with Crippen LogP contribution < -0.4 is 5.73 Å². The Labute approximate surface area is 158 Å². The third kappa shape index (κ3) is 5.83. The normalized spacial score (nSPS) is 12.4. The van der Waals surface area contributed by atoms with Crippen molar-refractivity contribution in [1.82, 2.24) is 9.88 Å². The molecule has 1 heterocycles. The molecule has 0 radical (unpaired) electrons. The summed E-state index contributed by atoms with van der Waals surface area (Å²) in [4.78, 5) is 20.1. The first-order chi connectivity index (χ1) is 11.9. The van der Waals surface area contributed by atoms with E-state index in [0.717, 1.165) is 33.3 Å². The third-order valence-corrected chi connectivity index (χ3v) is 6.09. The molecule has 136 valence electrons. The van der Waals surface area contributed by atoms with Crippen molar-refractivity contribution in [3.63, 3.8) is 0 Å². The highest BCUT2D eigenvalue weighted by Crippen LogP contribution is 2.27. The van der Waals surface area contributed by atoms with Gasteiger partial charge >= 0.3 is 0 Å². The van der Waals surface area contributed by atoms with Gasteiger partial charge in [0.1, 0.15) is 0 Å². The van der Waals surface area contributed by atoms with Gasteiger partial charge in [-0.15, -0.1) is 23.1 Å². The Morgan fingerprint density at radius 2 is 2.08 bits per heavy atom. The maximum Gasteiger partial charge on any atom is 0.254 e. The van der Waals surface area contributed by atoms with Crippen LogP contribution in [0.4, 0.5) is 0 Å². The second-order valence-electron chi connectivity index (χ2n) is 6.57.